The third kappa shape index (κ3) is 50.2. The van der Waals surface area contributed by atoms with Crippen molar-refractivity contribution in [2.75, 3.05) is 32.7 Å². The summed E-state index contributed by atoms with van der Waals surface area (Å²) < 4.78 is 200. The molecule has 0 bridgehead atoms. The van der Waals surface area contributed by atoms with Crippen LogP contribution in [0, 0.1) is 46.0 Å². The molecule has 772 valence electrons. The zero-order valence-electron chi connectivity index (χ0n) is 74.9. The second-order valence-corrected chi connectivity index (χ2v) is 36.3. The van der Waals surface area contributed by atoms with Crippen LogP contribution in [0.15, 0.2) is 146 Å². The van der Waals surface area contributed by atoms with Crippen LogP contribution < -0.4 is 80.4 Å². The summed E-state index contributed by atoms with van der Waals surface area (Å²) in [5.41, 5.74) is -4.63. The molecule has 12 aromatic rings. The number of terminal acetylenes is 2. The zero-order valence-corrected chi connectivity index (χ0v) is 90.6. The van der Waals surface area contributed by atoms with Crippen molar-refractivity contribution in [3.63, 3.8) is 0 Å². The van der Waals surface area contributed by atoms with Crippen molar-refractivity contribution < 1.29 is 216 Å². The Morgan fingerprint density at radius 3 is 1.24 bits per heavy atom. The van der Waals surface area contributed by atoms with E-state index in [1.165, 1.54) is 44.2 Å². The Hall–Kier alpha value is -8.33. The van der Waals surface area contributed by atoms with E-state index in [0.717, 1.165) is 79.8 Å². The molecule has 13 rings (SSSR count). The van der Waals surface area contributed by atoms with E-state index in [1.54, 1.807) is 141 Å². The number of aromatic nitrogens is 8. The number of ether oxygens (including phenoxy) is 6. The summed E-state index contributed by atoms with van der Waals surface area (Å²) in [5.74, 6) is 0.525. The second kappa shape index (κ2) is 66.0. The molecule has 56 heteroatoms. The number of alkyl halides is 9. The maximum atomic E-state index is 12.1. The van der Waals surface area contributed by atoms with Gasteiger partial charge in [0.2, 0.25) is 0 Å². The van der Waals surface area contributed by atoms with Crippen LogP contribution in [0.5, 0.6) is 17.2 Å². The number of aliphatic hydroxyl groups excluding tert-OH is 2. The molecule has 0 radical (unpaired) electrons. The second-order valence-electron chi connectivity index (χ2n) is 28.2. The maximum absolute atomic E-state index is 12.1. The van der Waals surface area contributed by atoms with Gasteiger partial charge in [-0.3, -0.25) is 25.2 Å². The number of aldehydes is 1. The number of phenolic OH excluding ortho intramolecular Hbond substituents is 2. The van der Waals surface area contributed by atoms with Gasteiger partial charge >= 0.3 is 124 Å². The number of esters is 2. The quantitative estimate of drug-likeness (QED) is 0.00490. The van der Waals surface area contributed by atoms with Crippen LogP contribution in [0.25, 0.3) is 43.6 Å². The Labute approximate surface area is 917 Å². The molecule has 0 aliphatic carbocycles. The number of H-pyrrole nitrogens is 4. The van der Waals surface area contributed by atoms with Gasteiger partial charge in [0, 0.05) is 46.0 Å². The fraction of sp³-hybridized carbons (Fsp3) is 0.291. The van der Waals surface area contributed by atoms with E-state index in [0.29, 0.717) is 54.6 Å². The van der Waals surface area contributed by atoms with E-state index in [4.69, 9.17) is 146 Å². The predicted molar refractivity (Wildman–Crippen MR) is 512 cm³/mol. The number of phenols is 2. The molecule has 1 aliphatic rings. The molecule has 0 amide bonds. The van der Waals surface area contributed by atoms with Gasteiger partial charge in [-0.2, -0.15) is 85.2 Å². The number of aromatic hydroxyl groups is 2. The molecule has 1 aliphatic heterocycles. The summed E-state index contributed by atoms with van der Waals surface area (Å²) in [4.78, 5) is 54.9. The minimum atomic E-state index is -6.85. The fourth-order valence-electron chi connectivity index (χ4n) is 9.12. The first kappa shape index (κ1) is 142. The van der Waals surface area contributed by atoms with Crippen LogP contribution in [-0.4, -0.2) is 195 Å². The number of nitrogens with zero attached hydrogens (tertiary/aromatic N) is 4. The number of methoxy groups -OCH3 is 1. The molecule has 1 saturated heterocycles. The number of fused-ring (bicyclic) bond motifs is 4. The van der Waals surface area contributed by atoms with Gasteiger partial charge in [-0.05, 0) is 189 Å². The molecule has 1 fully saturated rings. The number of anilines is 1. The van der Waals surface area contributed by atoms with Gasteiger partial charge in [0.15, 0.2) is 17.2 Å². The number of carbonyl (C=O) groups is 5. The molecule has 142 heavy (non-hydrogen) atoms. The number of hydrogen-bond donors (Lipinski definition) is 9. The summed E-state index contributed by atoms with van der Waals surface area (Å²) in [5, 5.41) is 67.9. The van der Waals surface area contributed by atoms with Gasteiger partial charge in [-0.1, -0.05) is 156 Å². The van der Waals surface area contributed by atoms with Gasteiger partial charge in [-0.15, -0.1) is 10.1 Å². The number of halogens is 19. The summed E-state index contributed by atoms with van der Waals surface area (Å²) in [6, 6.07) is 33.9. The molecular weight excluding hydrogens is 2330 g/mol. The average molecular weight is 2420 g/mol. The van der Waals surface area contributed by atoms with Gasteiger partial charge in [0.1, 0.15) is 23.6 Å². The Balaban J connectivity index is -0.000000485. The number of aromatic amines is 4. The van der Waals surface area contributed by atoms with Gasteiger partial charge in [0.25, 0.3) is 0 Å². The van der Waals surface area contributed by atoms with Crippen molar-refractivity contribution in [2.24, 2.45) is 0 Å². The van der Waals surface area contributed by atoms with E-state index in [9.17, 15) is 93.8 Å². The Morgan fingerprint density at radius 2 is 0.894 bits per heavy atom. The summed E-state index contributed by atoms with van der Waals surface area (Å²) >= 11 is 44.9. The van der Waals surface area contributed by atoms with E-state index < -0.39 is 88.2 Å². The van der Waals surface area contributed by atoms with Crippen molar-refractivity contribution in [1.29, 1.82) is 0 Å². The normalized spacial score (nSPS) is 11.3. The third-order valence-electron chi connectivity index (χ3n) is 15.1. The average Bonchev–Trinajstić information content (AvgIpc) is 1.00. The minimum absolute atomic E-state index is 0. The maximum Gasteiger partial charge on any atom is 2.00 e. The number of aliphatic hydroxyl groups is 2. The van der Waals surface area contributed by atoms with Crippen molar-refractivity contribution in [3.8, 4) is 36.0 Å². The smallest absolute Gasteiger partial charge is 1.00 e. The van der Waals surface area contributed by atoms with Crippen LogP contribution in [0.4, 0.5) is 54.8 Å². The number of nitrogens with two attached hydrogens (primary N) is 1. The minimum Gasteiger partial charge on any atom is -1.00 e. The van der Waals surface area contributed by atoms with Crippen LogP contribution in [0.2, 0.25) is 40.2 Å². The summed E-state index contributed by atoms with van der Waals surface area (Å²) in [6.07, 6.45) is 21.4. The van der Waals surface area contributed by atoms with Crippen LogP contribution in [-0.2, 0) is 69.0 Å². The Bertz CT molecular complexity index is 6260. The standard InChI is InChI=1S/C10H10N2O2.C10H8N2O.C10H18O5.C9H8Cl2O2.C8H5Cl2F3O3S.C8H8N2O.C8H6N2O.C7H6Cl2O.C6H5Cl2NO.C4H8O.C2F6O5S2.C2H.2CH4.BrH.HI.Mg.Na/c1-2-14-10(13)7-3-4-8-6-11-12-9(8)5-7;1-2-10(13)7-3-4-8-6-11-12-9(8)5-7;1-9(2,3)14-7(11)13-8(12)15-10(4,5)6;1-5-3-6(10)8(7(11)4-5)9(12)13-2;1-4-2-5(9)7(6(10)3-4)16-17(14,15)8(11,12)13;2*11-5-6-1-2-7-4-9-10-8(7)3-6;1-4-2-5(8)7(10)6(9)3-4;7-4-1-3(9)2-5(8)6(4)10;1-2-4-5-3-1;3-1(4,5)14(9,10)13-15(11,12)2(6,7)8;1-2;;;;;;/h3-6H,2H2,1H3,(H,11,12);1,3-6,10,13H,(H,11,12);1-6H3;3-4H,1-2H3;2-3H,1H3;1-4,11H,5H2,(H,9,10);1-5H,(H,9,10);2-3,10H,1H3;1-2,10H,9H2;1-4H2;;1H;2*1H4;2*1H;;/q;;;;;;;;;;;-1;;;;;+2;+1/p-2. The van der Waals surface area contributed by atoms with Crippen LogP contribution >= 0.6 is 92.8 Å². The van der Waals surface area contributed by atoms with E-state index in [2.05, 4.69) is 66.8 Å². The van der Waals surface area contributed by atoms with Crippen molar-refractivity contribution in [2.45, 2.75) is 137 Å². The number of benzene rings is 8. The zero-order chi connectivity index (χ0) is 104. The van der Waals surface area contributed by atoms with Gasteiger partial charge in [-0.25, -0.2) is 19.2 Å². The molecule has 0 spiro atoms. The van der Waals surface area contributed by atoms with E-state index >= 15 is 0 Å². The van der Waals surface area contributed by atoms with Crippen molar-refractivity contribution in [3.05, 3.63) is 237 Å². The first-order valence-electron chi connectivity index (χ1n) is 37.5. The molecule has 0 saturated carbocycles. The number of hydrogen-bond acceptors (Lipinski definition) is 28. The molecule has 32 nitrogen and oxygen atoms in total. The fourth-order valence-corrected chi connectivity index (χ4v) is 13.8. The van der Waals surface area contributed by atoms with Crippen molar-refractivity contribution >= 4 is 226 Å². The first-order valence-corrected chi connectivity index (χ1v) is 44.7. The molecule has 1 atom stereocenters. The summed E-state index contributed by atoms with van der Waals surface area (Å²) in [6.45, 7) is 19.6. The largest absolute Gasteiger partial charge is 2.00 e. The SMILES string of the molecule is C.C.C#CC(O)c1ccc2cn[nH]c2c1.C1CCOC1.CC(C)(C)OC(=O)OC(=O)OC(C)(C)C.CCOC(=O)c1ccc2cn[nH]c2c1.COC(=O)c1c(Cl)cc(C)cc1Cl.Cc1cc(Cl)c(O)c(Cl)c1.Cc1cc(Cl)c(OS(=O)(=O)C(F)(F)F)c(Cl)c1.Nc1cc(Cl)c(O)c(Cl)c1.O=Cc1ccc2cn[nH]c2c1.O=S(=O)(OS(=O)(=O)C(F)(F)F)C(F)(F)F.OCc1ccc2cn[nH]c2c1.[Br-].[C-]#C.[I-].[Mg+2].[Na+]. The topological polar surface area (TPSA) is 483 Å². The molecule has 10 N–H and O–H groups in total. The Kier molecular flexibility index (Phi) is 66.1. The van der Waals surface area contributed by atoms with E-state index in [-0.39, 0.29) is 158 Å². The number of rotatable bonds is 10. The number of nitrogens with one attached hydrogen (secondary N) is 4. The van der Waals surface area contributed by atoms with Gasteiger partial charge < -0.3 is 113 Å². The van der Waals surface area contributed by atoms with Crippen molar-refractivity contribution in [1.82, 2.24) is 40.8 Å². The molecular formula is C86H91BrCl8F9IMgN9NaO23S3. The molecule has 1 unspecified atom stereocenters. The monoisotopic (exact) mass is 2420 g/mol. The first-order chi connectivity index (χ1) is 62.9. The number of nitrogen functional groups attached to an aromatic ring is 1. The number of aryl methyl sites for hydroxylation is 3. The predicted octanol–water partition coefficient (Wildman–Crippen LogP) is 13.8. The molecule has 8 aromatic carbocycles. The number of carbonyl (C=O) groups excluding carboxylic acids is 5. The van der Waals surface area contributed by atoms with Gasteiger partial charge in [0.05, 0.1) is 118 Å². The molecule has 5 heterocycles. The van der Waals surface area contributed by atoms with Crippen LogP contribution in [0.3, 0.4) is 0 Å². The third-order valence-corrected chi connectivity index (χ3v) is 20.9. The molecule has 4 aromatic heterocycles. The van der Waals surface area contributed by atoms with E-state index in [1.807, 2.05) is 53.9 Å². The Morgan fingerprint density at radius 1 is 0.549 bits per heavy atom. The summed E-state index contributed by atoms with van der Waals surface area (Å²) in [7, 11) is -18.2. The van der Waals surface area contributed by atoms with Crippen LogP contribution in [0.1, 0.15) is 141 Å².